The van der Waals surface area contributed by atoms with Crippen LogP contribution in [-0.4, -0.2) is 9.97 Å². The Hall–Kier alpha value is -0.610. The Balaban J connectivity index is 2.69. The molecule has 0 saturated heterocycles. The third-order valence-corrected chi connectivity index (χ3v) is 2.99. The van der Waals surface area contributed by atoms with Gasteiger partial charge in [-0.3, -0.25) is 0 Å². The van der Waals surface area contributed by atoms with Crippen LogP contribution in [0.1, 0.15) is 0 Å². The summed E-state index contributed by atoms with van der Waals surface area (Å²) in [5.41, 5.74) is 0.962. The summed E-state index contributed by atoms with van der Waals surface area (Å²) in [7, 11) is 0. The van der Waals surface area contributed by atoms with Crippen molar-refractivity contribution >= 4 is 33.4 Å². The van der Waals surface area contributed by atoms with Crippen molar-refractivity contribution in [2.75, 3.05) is 0 Å². The summed E-state index contributed by atoms with van der Waals surface area (Å²) in [6.07, 6.45) is 5.46. The lowest BCUT2D eigenvalue weighted by molar-refractivity contribution is 1.30. The molecular weight excluding hydrogens is 176 g/mol. The SMILES string of the molecule is [CH2]Sc1nc2cccnc2s1. The molecule has 0 aliphatic heterocycles. The van der Waals surface area contributed by atoms with Gasteiger partial charge in [-0.2, -0.15) is 0 Å². The second-order valence-corrected chi connectivity index (χ2v) is 3.86. The number of thioether (sulfide) groups is 1. The van der Waals surface area contributed by atoms with Crippen LogP contribution in [0.5, 0.6) is 0 Å². The zero-order valence-corrected chi connectivity index (χ0v) is 7.28. The lowest BCUT2D eigenvalue weighted by Gasteiger charge is -1.80. The fraction of sp³-hybridized carbons (Fsp3) is 0. The highest BCUT2D eigenvalue weighted by Gasteiger charge is 2.00. The maximum Gasteiger partial charge on any atom is 0.152 e. The Kier molecular flexibility index (Phi) is 1.79. The summed E-state index contributed by atoms with van der Waals surface area (Å²) in [6, 6.07) is 3.85. The predicted octanol–water partition coefficient (Wildman–Crippen LogP) is 2.57. The summed E-state index contributed by atoms with van der Waals surface area (Å²) in [4.78, 5) is 9.44. The van der Waals surface area contributed by atoms with Crippen molar-refractivity contribution < 1.29 is 0 Å². The standard InChI is InChI=1S/C7H5N2S2/c1-10-7-9-5-3-2-4-8-6(5)11-7/h2-4H,1H2. The largest absolute Gasteiger partial charge is 0.244 e. The van der Waals surface area contributed by atoms with E-state index in [1.54, 1.807) is 17.5 Å². The van der Waals surface area contributed by atoms with Crippen LogP contribution in [-0.2, 0) is 0 Å². The van der Waals surface area contributed by atoms with Crippen molar-refractivity contribution in [1.29, 1.82) is 0 Å². The normalized spacial score (nSPS) is 10.6. The van der Waals surface area contributed by atoms with Gasteiger partial charge < -0.3 is 0 Å². The molecule has 0 amide bonds. The van der Waals surface area contributed by atoms with E-state index in [1.807, 2.05) is 12.1 Å². The Morgan fingerprint density at radius 2 is 2.45 bits per heavy atom. The van der Waals surface area contributed by atoms with Gasteiger partial charge in [-0.25, -0.2) is 9.97 Å². The molecule has 1 radical (unpaired) electrons. The molecule has 2 aromatic heterocycles. The zero-order valence-electron chi connectivity index (χ0n) is 5.65. The molecule has 0 aliphatic carbocycles. The number of aromatic nitrogens is 2. The smallest absolute Gasteiger partial charge is 0.152 e. The molecule has 2 rings (SSSR count). The van der Waals surface area contributed by atoms with Crippen LogP contribution in [0.25, 0.3) is 10.3 Å². The molecule has 2 nitrogen and oxygen atoms in total. The van der Waals surface area contributed by atoms with E-state index >= 15 is 0 Å². The molecule has 55 valence electrons. The van der Waals surface area contributed by atoms with E-state index in [4.69, 9.17) is 0 Å². The molecule has 2 aromatic rings. The van der Waals surface area contributed by atoms with Crippen molar-refractivity contribution in [1.82, 2.24) is 9.97 Å². The average molecular weight is 181 g/mol. The molecule has 0 N–H and O–H groups in total. The fourth-order valence-corrected chi connectivity index (χ4v) is 2.09. The van der Waals surface area contributed by atoms with Gasteiger partial charge in [0.05, 0.1) is 0 Å². The van der Waals surface area contributed by atoms with E-state index in [0.717, 1.165) is 14.7 Å². The van der Waals surface area contributed by atoms with E-state index in [9.17, 15) is 0 Å². The minimum Gasteiger partial charge on any atom is -0.244 e. The van der Waals surface area contributed by atoms with E-state index in [1.165, 1.54) is 11.8 Å². The van der Waals surface area contributed by atoms with Gasteiger partial charge in [0, 0.05) is 12.5 Å². The summed E-state index contributed by atoms with van der Waals surface area (Å²) in [5.74, 6) is 0. The molecule has 0 fully saturated rings. The van der Waals surface area contributed by atoms with Crippen LogP contribution < -0.4 is 0 Å². The first-order chi connectivity index (χ1) is 5.40. The molecule has 4 heteroatoms. The molecule has 0 spiro atoms. The van der Waals surface area contributed by atoms with Crippen LogP contribution in [0, 0.1) is 6.26 Å². The van der Waals surface area contributed by atoms with Gasteiger partial charge in [0.2, 0.25) is 0 Å². The van der Waals surface area contributed by atoms with E-state index in [-0.39, 0.29) is 0 Å². The number of rotatable bonds is 1. The van der Waals surface area contributed by atoms with Crippen molar-refractivity contribution in [3.63, 3.8) is 0 Å². The minimum absolute atomic E-state index is 0.962. The highest BCUT2D eigenvalue weighted by Crippen LogP contribution is 2.26. The van der Waals surface area contributed by atoms with E-state index in [0.29, 0.717) is 0 Å². The number of nitrogens with zero attached hydrogens (tertiary/aromatic N) is 2. The third-order valence-electron chi connectivity index (χ3n) is 1.27. The molecule has 0 aliphatic rings. The highest BCUT2D eigenvalue weighted by molar-refractivity contribution is 8.02. The first-order valence-electron chi connectivity index (χ1n) is 3.04. The molecule has 0 saturated carbocycles. The maximum absolute atomic E-state index is 4.29. The van der Waals surface area contributed by atoms with Crippen molar-refractivity contribution in [2.45, 2.75) is 4.34 Å². The Bertz CT molecular complexity index is 336. The Labute approximate surface area is 72.7 Å². The van der Waals surface area contributed by atoms with Crippen molar-refractivity contribution in [3.05, 3.63) is 24.6 Å². The summed E-state index contributed by atoms with van der Waals surface area (Å²) in [5, 5.41) is 0. The topological polar surface area (TPSA) is 25.8 Å². The van der Waals surface area contributed by atoms with Gasteiger partial charge in [0.15, 0.2) is 4.34 Å². The van der Waals surface area contributed by atoms with Crippen LogP contribution in [0.2, 0.25) is 0 Å². The maximum atomic E-state index is 4.29. The Morgan fingerprint density at radius 3 is 3.18 bits per heavy atom. The van der Waals surface area contributed by atoms with Crippen LogP contribution in [0.3, 0.4) is 0 Å². The molecular formula is C7H5N2S2. The van der Waals surface area contributed by atoms with Crippen molar-refractivity contribution in [2.24, 2.45) is 0 Å². The molecule has 0 aromatic carbocycles. The summed E-state index contributed by atoms with van der Waals surface area (Å²) < 4.78 is 0.971. The molecule has 2 heterocycles. The number of thiazole rings is 1. The monoisotopic (exact) mass is 181 g/mol. The van der Waals surface area contributed by atoms with Crippen LogP contribution >= 0.6 is 23.1 Å². The quantitative estimate of drug-likeness (QED) is 0.632. The third kappa shape index (κ3) is 1.23. The minimum atomic E-state index is 0.962. The molecule has 0 atom stereocenters. The summed E-state index contributed by atoms with van der Waals surface area (Å²) >= 11 is 2.99. The zero-order chi connectivity index (χ0) is 7.68. The first-order valence-corrected chi connectivity index (χ1v) is 4.84. The lowest BCUT2D eigenvalue weighted by Crippen LogP contribution is -1.69. The number of fused-ring (bicyclic) bond motifs is 1. The second kappa shape index (κ2) is 2.79. The molecule has 11 heavy (non-hydrogen) atoms. The van der Waals surface area contributed by atoms with Crippen LogP contribution in [0.4, 0.5) is 0 Å². The average Bonchev–Trinajstić information content (AvgIpc) is 2.46. The fourth-order valence-electron chi connectivity index (χ4n) is 0.812. The van der Waals surface area contributed by atoms with Gasteiger partial charge in [0.1, 0.15) is 10.3 Å². The first kappa shape index (κ1) is 7.06. The van der Waals surface area contributed by atoms with Crippen LogP contribution in [0.15, 0.2) is 22.7 Å². The number of hydrogen-bond donors (Lipinski definition) is 0. The lowest BCUT2D eigenvalue weighted by atomic mass is 10.5. The highest BCUT2D eigenvalue weighted by atomic mass is 32.2. The van der Waals surface area contributed by atoms with Crippen molar-refractivity contribution in [3.8, 4) is 0 Å². The number of hydrogen-bond acceptors (Lipinski definition) is 4. The Morgan fingerprint density at radius 1 is 1.55 bits per heavy atom. The molecule has 0 unspecified atom stereocenters. The van der Waals surface area contributed by atoms with Gasteiger partial charge in [0.25, 0.3) is 0 Å². The predicted molar refractivity (Wildman–Crippen MR) is 48.6 cm³/mol. The van der Waals surface area contributed by atoms with E-state index < -0.39 is 0 Å². The number of pyridine rings is 1. The van der Waals surface area contributed by atoms with Gasteiger partial charge in [-0.05, 0) is 12.1 Å². The van der Waals surface area contributed by atoms with Gasteiger partial charge in [-0.1, -0.05) is 23.1 Å². The van der Waals surface area contributed by atoms with Gasteiger partial charge >= 0.3 is 0 Å². The summed E-state index contributed by atoms with van der Waals surface area (Å²) in [6.45, 7) is 0. The second-order valence-electron chi connectivity index (χ2n) is 1.95. The van der Waals surface area contributed by atoms with Gasteiger partial charge in [-0.15, -0.1) is 0 Å². The van der Waals surface area contributed by atoms with E-state index in [2.05, 4.69) is 16.2 Å². The molecule has 0 bridgehead atoms.